The van der Waals surface area contributed by atoms with Gasteiger partial charge in [-0.15, -0.1) is 0 Å². The Hall–Kier alpha value is -4.09. The van der Waals surface area contributed by atoms with Gasteiger partial charge in [-0.25, -0.2) is 9.78 Å². The molecule has 3 fully saturated rings. The van der Waals surface area contributed by atoms with E-state index in [0.29, 0.717) is 81.2 Å². The fourth-order valence-electron chi connectivity index (χ4n) is 7.63. The van der Waals surface area contributed by atoms with Crippen LogP contribution in [0.1, 0.15) is 107 Å². The summed E-state index contributed by atoms with van der Waals surface area (Å²) in [5, 5.41) is 2.84. The Balaban J connectivity index is 0.00000541. The van der Waals surface area contributed by atoms with Gasteiger partial charge in [-0.3, -0.25) is 14.4 Å². The van der Waals surface area contributed by atoms with E-state index in [1.54, 1.807) is 17.0 Å². The van der Waals surface area contributed by atoms with Crippen molar-refractivity contribution in [1.29, 1.82) is 0 Å². The molecule has 53 heavy (non-hydrogen) atoms. The molecule has 3 N–H and O–H groups in total. The second-order valence-electron chi connectivity index (χ2n) is 14.9. The van der Waals surface area contributed by atoms with Gasteiger partial charge in [0.15, 0.2) is 11.4 Å². The van der Waals surface area contributed by atoms with E-state index in [0.717, 1.165) is 24.8 Å². The Bertz CT molecular complexity index is 1600. The van der Waals surface area contributed by atoms with Crippen LogP contribution in [0.4, 0.5) is 4.79 Å². The molecule has 6 rings (SSSR count). The van der Waals surface area contributed by atoms with Gasteiger partial charge < -0.3 is 29.8 Å². The zero-order valence-corrected chi connectivity index (χ0v) is 30.2. The monoisotopic (exact) mass is 730 g/mol. The van der Waals surface area contributed by atoms with E-state index in [4.69, 9.17) is 19.6 Å². The van der Waals surface area contributed by atoms with Crippen LogP contribution in [0, 0.1) is 17.8 Å². The molecule has 0 unspecified atom stereocenters. The maximum Gasteiger partial charge on any atom is 0.407 e. The van der Waals surface area contributed by atoms with Gasteiger partial charge in [0.25, 0.3) is 5.89 Å². The predicted octanol–water partition coefficient (Wildman–Crippen LogP) is 7.06. The van der Waals surface area contributed by atoms with Crippen molar-refractivity contribution in [2.75, 3.05) is 26.3 Å². The van der Waals surface area contributed by atoms with E-state index < -0.39 is 24.1 Å². The second kappa shape index (κ2) is 19.8. The molecule has 0 radical (unpaired) electrons. The van der Waals surface area contributed by atoms with Crippen molar-refractivity contribution in [1.82, 2.24) is 15.2 Å². The van der Waals surface area contributed by atoms with Gasteiger partial charge >= 0.3 is 6.09 Å². The van der Waals surface area contributed by atoms with Crippen molar-refractivity contribution in [3.63, 3.8) is 0 Å². The average molecular weight is 731 g/mol. The van der Waals surface area contributed by atoms with Crippen molar-refractivity contribution in [2.24, 2.45) is 23.5 Å². The SMILES string of the molecule is C.NCCCC[C@H](CC(=O)[C@@H]1C[C@@H](OCCC2CCCC2)CN1C(=O)[C@@H](CCc1ccccc1)NC(=O)OCC1CC1)C(=O)c1nc2ccccc2o1. The van der Waals surface area contributed by atoms with Crippen LogP contribution in [-0.4, -0.2) is 77.9 Å². The summed E-state index contributed by atoms with van der Waals surface area (Å²) in [6.07, 6.45) is 9.95. The fourth-order valence-corrected chi connectivity index (χ4v) is 7.63. The minimum atomic E-state index is -0.902. The lowest BCUT2D eigenvalue weighted by Gasteiger charge is -2.29. The number of para-hydroxylation sites is 2. The third kappa shape index (κ3) is 11.5. The van der Waals surface area contributed by atoms with Crippen LogP contribution in [-0.2, 0) is 25.5 Å². The Labute approximate surface area is 313 Å². The van der Waals surface area contributed by atoms with Crippen molar-refractivity contribution < 1.29 is 33.1 Å². The quantitative estimate of drug-likeness (QED) is 0.0919. The molecule has 288 valence electrons. The summed E-state index contributed by atoms with van der Waals surface area (Å²) >= 11 is 0. The Morgan fingerprint density at radius 3 is 2.43 bits per heavy atom. The molecule has 0 spiro atoms. The molecular weight excluding hydrogens is 672 g/mol. The van der Waals surface area contributed by atoms with Crippen molar-refractivity contribution in [3.05, 3.63) is 66.1 Å². The molecule has 2 amide bonds. The molecular formula is C42H58N4O7. The number of nitrogens with two attached hydrogens (primary N) is 1. The Morgan fingerprint density at radius 2 is 1.70 bits per heavy atom. The van der Waals surface area contributed by atoms with Crippen LogP contribution in [0.15, 0.2) is 59.0 Å². The third-order valence-corrected chi connectivity index (χ3v) is 10.9. The number of nitrogens with one attached hydrogen (secondary N) is 1. The number of fused-ring (bicyclic) bond motifs is 1. The number of alkyl carbamates (subject to hydrolysis) is 1. The normalized spacial score (nSPS) is 19.8. The number of ether oxygens (including phenoxy) is 2. The smallest absolute Gasteiger partial charge is 0.407 e. The van der Waals surface area contributed by atoms with Crippen LogP contribution in [0.3, 0.4) is 0 Å². The van der Waals surface area contributed by atoms with E-state index in [9.17, 15) is 19.2 Å². The van der Waals surface area contributed by atoms with E-state index in [-0.39, 0.29) is 49.9 Å². The van der Waals surface area contributed by atoms with E-state index in [1.807, 2.05) is 42.5 Å². The van der Waals surface area contributed by atoms with Gasteiger partial charge in [-0.05, 0) is 81.0 Å². The molecule has 2 saturated carbocycles. The minimum absolute atomic E-state index is 0. The van der Waals surface area contributed by atoms with Gasteiger partial charge in [0.1, 0.15) is 11.6 Å². The van der Waals surface area contributed by atoms with Gasteiger partial charge in [0.2, 0.25) is 11.7 Å². The molecule has 2 aliphatic carbocycles. The van der Waals surface area contributed by atoms with E-state index in [2.05, 4.69) is 10.3 Å². The number of carbonyl (C=O) groups excluding carboxylic acids is 4. The summed E-state index contributed by atoms with van der Waals surface area (Å²) in [6, 6.07) is 15.3. The van der Waals surface area contributed by atoms with E-state index in [1.165, 1.54) is 25.7 Å². The van der Waals surface area contributed by atoms with Crippen molar-refractivity contribution in [2.45, 2.75) is 116 Å². The van der Waals surface area contributed by atoms with Crippen LogP contribution in [0.2, 0.25) is 0 Å². The minimum Gasteiger partial charge on any atom is -0.449 e. The number of unbranched alkanes of at least 4 members (excludes halogenated alkanes) is 1. The number of hydrogen-bond donors (Lipinski definition) is 2. The zero-order valence-electron chi connectivity index (χ0n) is 30.2. The molecule has 2 aromatic carbocycles. The molecule has 3 aromatic rings. The number of likely N-dealkylation sites (tertiary alicyclic amines) is 1. The zero-order chi connectivity index (χ0) is 36.3. The number of aryl methyl sites for hydroxylation is 1. The first-order chi connectivity index (χ1) is 25.4. The summed E-state index contributed by atoms with van der Waals surface area (Å²) < 4.78 is 17.7. The second-order valence-corrected chi connectivity index (χ2v) is 14.9. The highest BCUT2D eigenvalue weighted by Crippen LogP contribution is 2.31. The first kappa shape index (κ1) is 40.1. The van der Waals surface area contributed by atoms with Crippen LogP contribution in [0.25, 0.3) is 11.1 Å². The highest BCUT2D eigenvalue weighted by Gasteiger charge is 2.43. The Kier molecular flexibility index (Phi) is 15.0. The Morgan fingerprint density at radius 1 is 0.943 bits per heavy atom. The summed E-state index contributed by atoms with van der Waals surface area (Å²) in [7, 11) is 0. The van der Waals surface area contributed by atoms with Crippen LogP contribution < -0.4 is 11.1 Å². The number of rotatable bonds is 20. The predicted molar refractivity (Wildman–Crippen MR) is 203 cm³/mol. The first-order valence-corrected chi connectivity index (χ1v) is 19.4. The molecule has 1 saturated heterocycles. The third-order valence-electron chi connectivity index (χ3n) is 10.9. The van der Waals surface area contributed by atoms with E-state index >= 15 is 0 Å². The van der Waals surface area contributed by atoms with Crippen molar-refractivity contribution in [3.8, 4) is 0 Å². The van der Waals surface area contributed by atoms with Gasteiger partial charge in [0, 0.05) is 31.9 Å². The van der Waals surface area contributed by atoms with Gasteiger partial charge in [-0.1, -0.05) is 82.0 Å². The molecule has 2 heterocycles. The summed E-state index contributed by atoms with van der Waals surface area (Å²) in [5.41, 5.74) is 7.90. The number of amides is 2. The van der Waals surface area contributed by atoms with Gasteiger partial charge in [-0.2, -0.15) is 0 Å². The number of benzene rings is 2. The molecule has 3 aliphatic rings. The maximum absolute atomic E-state index is 14.5. The largest absolute Gasteiger partial charge is 0.449 e. The number of hydrogen-bond acceptors (Lipinski definition) is 9. The molecule has 11 heteroatoms. The summed E-state index contributed by atoms with van der Waals surface area (Å²) in [5.74, 6) is -0.563. The molecule has 4 atom stereocenters. The topological polar surface area (TPSA) is 154 Å². The summed E-state index contributed by atoms with van der Waals surface area (Å²) in [4.78, 5) is 61.7. The standard InChI is InChI=1S/C41H54N4O7.CH4/c42-22-9-8-14-31(38(47)39-43-33-15-6-7-16-37(33)52-39)24-36(46)35-25-32(50-23-21-29-12-4-5-13-29)26-45(35)40(48)34(20-19-28-10-2-1-3-11-28)44-41(49)51-27-30-17-18-30;/h1-3,6-7,10-11,15-16,29-32,34-35H,4-5,8-9,12-14,17-27,42H2,(H,44,49);1H4/t31-,32-,34-,35+;/m1./s1. The molecule has 11 nitrogen and oxygen atoms in total. The number of ketones is 2. The fraction of sp³-hybridized carbons (Fsp3) is 0.595. The molecule has 1 aromatic heterocycles. The highest BCUT2D eigenvalue weighted by atomic mass is 16.5. The highest BCUT2D eigenvalue weighted by molar-refractivity contribution is 6.00. The number of nitrogens with zero attached hydrogens (tertiary/aromatic N) is 2. The van der Waals surface area contributed by atoms with Crippen LogP contribution >= 0.6 is 0 Å². The lowest BCUT2D eigenvalue weighted by Crippen LogP contribution is -2.52. The molecule has 1 aliphatic heterocycles. The van der Waals surface area contributed by atoms with Crippen LogP contribution in [0.5, 0.6) is 0 Å². The van der Waals surface area contributed by atoms with Crippen molar-refractivity contribution >= 4 is 34.7 Å². The first-order valence-electron chi connectivity index (χ1n) is 19.4. The lowest BCUT2D eigenvalue weighted by atomic mass is 9.89. The number of oxazole rings is 1. The lowest BCUT2D eigenvalue weighted by molar-refractivity contribution is -0.139. The summed E-state index contributed by atoms with van der Waals surface area (Å²) in [6.45, 7) is 1.60. The number of carbonyl (C=O) groups is 4. The molecule has 0 bridgehead atoms. The average Bonchev–Trinajstić information content (AvgIpc) is 3.49. The van der Waals surface area contributed by atoms with Gasteiger partial charge in [0.05, 0.1) is 18.8 Å². The number of Topliss-reactive ketones (excluding diaryl/α,β-unsaturated/α-hetero) is 2. The maximum atomic E-state index is 14.5. The number of aromatic nitrogens is 1.